The van der Waals surface area contributed by atoms with Crippen molar-refractivity contribution >= 4 is 23.3 Å². The third kappa shape index (κ3) is 2.94. The predicted molar refractivity (Wildman–Crippen MR) is 67.2 cm³/mol. The molecule has 0 unspecified atom stereocenters. The summed E-state index contributed by atoms with van der Waals surface area (Å²) in [4.78, 5) is 13.1. The summed E-state index contributed by atoms with van der Waals surface area (Å²) in [5.41, 5.74) is 5.27. The first-order valence-electron chi connectivity index (χ1n) is 5.09. The Balaban J connectivity index is 2.07. The van der Waals surface area contributed by atoms with Crippen molar-refractivity contribution in [1.82, 2.24) is 10.2 Å². The van der Waals surface area contributed by atoms with Gasteiger partial charge in [0.2, 0.25) is 5.89 Å². The van der Waals surface area contributed by atoms with Crippen molar-refractivity contribution in [2.24, 2.45) is 5.73 Å². The van der Waals surface area contributed by atoms with Crippen LogP contribution in [0.2, 0.25) is 0 Å². The number of anilines is 1. The number of nitrogens with zero attached hydrogens (tertiary/aromatic N) is 2. The Labute approximate surface area is 107 Å². The van der Waals surface area contributed by atoms with Crippen LogP contribution in [0, 0.1) is 18.8 Å². The van der Waals surface area contributed by atoms with Gasteiger partial charge in [-0.25, -0.2) is 0 Å². The minimum Gasteiger partial charge on any atom is -0.408 e. The number of carbonyl (C=O) groups is 1. The van der Waals surface area contributed by atoms with Crippen LogP contribution in [0.1, 0.15) is 20.4 Å². The number of nitrogens with one attached hydrogen (secondary N) is 1. The number of carbonyl (C=O) groups excluding carboxylic acids is 1. The van der Waals surface area contributed by atoms with Gasteiger partial charge in [0.15, 0.2) is 0 Å². The Morgan fingerprint density at radius 2 is 2.39 bits per heavy atom. The lowest BCUT2D eigenvalue weighted by Crippen LogP contribution is -2.10. The normalized spacial score (nSPS) is 9.67. The first-order valence-corrected chi connectivity index (χ1v) is 5.91. The van der Waals surface area contributed by atoms with E-state index < -0.39 is 0 Å². The Bertz CT molecular complexity index is 620. The van der Waals surface area contributed by atoms with Gasteiger partial charge in [0.05, 0.1) is 16.3 Å². The van der Waals surface area contributed by atoms with Crippen LogP contribution in [0.4, 0.5) is 6.01 Å². The highest BCUT2D eigenvalue weighted by molar-refractivity contribution is 7.14. The van der Waals surface area contributed by atoms with E-state index in [4.69, 9.17) is 10.2 Å². The molecule has 1 amide bonds. The zero-order valence-corrected chi connectivity index (χ0v) is 10.4. The fraction of sp³-hybridized carbons (Fsp3) is 0.182. The highest BCUT2D eigenvalue weighted by Gasteiger charge is 2.12. The molecule has 0 aromatic carbocycles. The summed E-state index contributed by atoms with van der Waals surface area (Å²) in [5, 5.41) is 9.80. The molecule has 18 heavy (non-hydrogen) atoms. The molecule has 0 aliphatic heterocycles. The lowest BCUT2D eigenvalue weighted by Gasteiger charge is -1.95. The molecule has 0 aliphatic carbocycles. The second-order valence-electron chi connectivity index (χ2n) is 3.25. The third-order valence-corrected chi connectivity index (χ3v) is 2.89. The fourth-order valence-electron chi connectivity index (χ4n) is 1.17. The molecular weight excluding hydrogens is 252 g/mol. The van der Waals surface area contributed by atoms with Gasteiger partial charge in [-0.2, -0.15) is 0 Å². The summed E-state index contributed by atoms with van der Waals surface area (Å²) < 4.78 is 5.05. The van der Waals surface area contributed by atoms with E-state index in [9.17, 15) is 4.79 Å². The molecule has 92 valence electrons. The van der Waals surface area contributed by atoms with Crippen molar-refractivity contribution < 1.29 is 9.21 Å². The molecule has 2 aromatic heterocycles. The number of aromatic nitrogens is 2. The van der Waals surface area contributed by atoms with Gasteiger partial charge >= 0.3 is 6.01 Å². The van der Waals surface area contributed by atoms with Crippen LogP contribution in [0.3, 0.4) is 0 Å². The first-order chi connectivity index (χ1) is 8.69. The number of amides is 1. The summed E-state index contributed by atoms with van der Waals surface area (Å²) in [6, 6.07) is 3.53. The summed E-state index contributed by atoms with van der Waals surface area (Å²) in [6.45, 7) is 1.94. The van der Waals surface area contributed by atoms with E-state index in [1.807, 2.05) is 0 Å². The average Bonchev–Trinajstić information content (AvgIpc) is 2.96. The van der Waals surface area contributed by atoms with Gasteiger partial charge in [0, 0.05) is 6.92 Å². The molecule has 0 atom stereocenters. The monoisotopic (exact) mass is 262 g/mol. The van der Waals surface area contributed by atoms with Crippen LogP contribution in [0.25, 0.3) is 0 Å². The molecule has 0 saturated carbocycles. The summed E-state index contributed by atoms with van der Waals surface area (Å²) >= 11 is 1.28. The van der Waals surface area contributed by atoms with Gasteiger partial charge in [-0.3, -0.25) is 10.1 Å². The summed E-state index contributed by atoms with van der Waals surface area (Å²) in [5.74, 6) is 5.68. The molecule has 3 N–H and O–H groups in total. The second-order valence-corrected chi connectivity index (χ2v) is 4.33. The Morgan fingerprint density at radius 3 is 3.06 bits per heavy atom. The number of aryl methyl sites for hydroxylation is 1. The second kappa shape index (κ2) is 5.44. The van der Waals surface area contributed by atoms with E-state index >= 15 is 0 Å². The Kier molecular flexibility index (Phi) is 3.72. The smallest absolute Gasteiger partial charge is 0.322 e. The van der Waals surface area contributed by atoms with E-state index in [1.54, 1.807) is 19.1 Å². The Hall–Kier alpha value is -2.17. The largest absolute Gasteiger partial charge is 0.408 e. The third-order valence-electron chi connectivity index (χ3n) is 1.89. The first kappa shape index (κ1) is 12.3. The molecular formula is C11H10N4O2S. The molecule has 2 aromatic rings. The highest BCUT2D eigenvalue weighted by Crippen LogP contribution is 2.17. The summed E-state index contributed by atoms with van der Waals surface area (Å²) in [7, 11) is 0. The predicted octanol–water partition coefficient (Wildman–Crippen LogP) is 1.00. The molecule has 0 radical (unpaired) electrons. The number of nitrogens with two attached hydrogens (primary N) is 1. The lowest BCUT2D eigenvalue weighted by atomic mass is 10.4. The maximum atomic E-state index is 11.8. The fourth-order valence-corrected chi connectivity index (χ4v) is 1.95. The molecule has 0 spiro atoms. The van der Waals surface area contributed by atoms with Crippen LogP contribution in [-0.2, 0) is 0 Å². The van der Waals surface area contributed by atoms with E-state index in [1.165, 1.54) is 11.3 Å². The van der Waals surface area contributed by atoms with Gasteiger partial charge in [-0.15, -0.1) is 16.4 Å². The number of thiophene rings is 1. The van der Waals surface area contributed by atoms with Crippen LogP contribution in [-0.4, -0.2) is 22.6 Å². The molecule has 0 saturated heterocycles. The van der Waals surface area contributed by atoms with Crippen molar-refractivity contribution in [2.45, 2.75) is 6.92 Å². The van der Waals surface area contributed by atoms with Crippen LogP contribution >= 0.6 is 11.3 Å². The number of rotatable bonds is 2. The molecule has 0 aliphatic rings. The lowest BCUT2D eigenvalue weighted by molar-refractivity contribution is 0.102. The maximum absolute atomic E-state index is 11.8. The number of hydrogen-bond donors (Lipinski definition) is 2. The quantitative estimate of drug-likeness (QED) is 0.787. The van der Waals surface area contributed by atoms with Crippen molar-refractivity contribution in [3.05, 3.63) is 27.8 Å². The highest BCUT2D eigenvalue weighted by atomic mass is 32.1. The maximum Gasteiger partial charge on any atom is 0.322 e. The topological polar surface area (TPSA) is 94.0 Å². The van der Waals surface area contributed by atoms with Gasteiger partial charge in [0.25, 0.3) is 5.91 Å². The molecule has 2 heterocycles. The van der Waals surface area contributed by atoms with Crippen molar-refractivity contribution in [1.29, 1.82) is 0 Å². The van der Waals surface area contributed by atoms with Gasteiger partial charge in [-0.05, 0) is 12.1 Å². The van der Waals surface area contributed by atoms with E-state index in [0.717, 1.165) is 4.88 Å². The Morgan fingerprint density at radius 1 is 1.56 bits per heavy atom. The molecule has 7 heteroatoms. The van der Waals surface area contributed by atoms with E-state index in [0.29, 0.717) is 17.3 Å². The van der Waals surface area contributed by atoms with Crippen LogP contribution in [0.5, 0.6) is 0 Å². The van der Waals surface area contributed by atoms with E-state index in [2.05, 4.69) is 27.4 Å². The molecule has 6 nitrogen and oxygen atoms in total. The van der Waals surface area contributed by atoms with Crippen LogP contribution < -0.4 is 11.1 Å². The van der Waals surface area contributed by atoms with Crippen LogP contribution in [0.15, 0.2) is 16.5 Å². The van der Waals surface area contributed by atoms with Gasteiger partial charge < -0.3 is 10.2 Å². The molecule has 2 rings (SSSR count). The van der Waals surface area contributed by atoms with E-state index in [-0.39, 0.29) is 11.9 Å². The SMILES string of the molecule is Cc1nnc(NC(=O)c2ccc(C#CCN)s2)o1. The number of hydrogen-bond acceptors (Lipinski definition) is 6. The minimum absolute atomic E-state index is 0.0838. The average molecular weight is 262 g/mol. The summed E-state index contributed by atoms with van der Waals surface area (Å²) in [6.07, 6.45) is 0. The zero-order chi connectivity index (χ0) is 13.0. The van der Waals surface area contributed by atoms with Crippen molar-refractivity contribution in [3.63, 3.8) is 0 Å². The standard InChI is InChI=1S/C11H10N4O2S/c1-7-14-15-11(17-7)13-10(16)9-5-4-8(18-9)3-2-6-12/h4-5H,6,12H2,1H3,(H,13,15,16). The van der Waals surface area contributed by atoms with Crippen molar-refractivity contribution in [3.8, 4) is 11.8 Å². The van der Waals surface area contributed by atoms with Crippen molar-refractivity contribution in [2.75, 3.05) is 11.9 Å². The van der Waals surface area contributed by atoms with Gasteiger partial charge in [-0.1, -0.05) is 16.9 Å². The minimum atomic E-state index is -0.301. The van der Waals surface area contributed by atoms with Gasteiger partial charge in [0.1, 0.15) is 0 Å². The molecule has 0 bridgehead atoms. The molecule has 0 fully saturated rings. The zero-order valence-electron chi connectivity index (χ0n) is 9.56.